The third-order valence-electron chi connectivity index (χ3n) is 3.39. The summed E-state index contributed by atoms with van der Waals surface area (Å²) in [7, 11) is 0. The summed E-state index contributed by atoms with van der Waals surface area (Å²) in [6, 6.07) is 0. The number of H-pyrrole nitrogens is 2. The monoisotopic (exact) mass is 542 g/mol. The number of rotatable bonds is 0. The third-order valence-corrected chi connectivity index (χ3v) is 4.66. The molecule has 1 unspecified atom stereocenters. The van der Waals surface area contributed by atoms with E-state index >= 15 is 0 Å². The number of amidine groups is 1. The van der Waals surface area contributed by atoms with Gasteiger partial charge in [0.05, 0.1) is 0 Å². The van der Waals surface area contributed by atoms with Gasteiger partial charge in [0.15, 0.2) is 0 Å². The van der Waals surface area contributed by atoms with E-state index in [1.54, 1.807) is 0 Å². The molecule has 0 fully saturated rings. The van der Waals surface area contributed by atoms with Crippen LogP contribution < -0.4 is 10.4 Å². The van der Waals surface area contributed by atoms with Crippen molar-refractivity contribution in [2.24, 2.45) is 9.81 Å². The Labute approximate surface area is 217 Å². The van der Waals surface area contributed by atoms with E-state index in [-0.39, 0.29) is 55.7 Å². The van der Waals surface area contributed by atoms with Gasteiger partial charge >= 0.3 is 21.0 Å². The minimum Gasteiger partial charge on any atom is -0.348 e. The fraction of sp³-hybridized carbons (Fsp3) is 0.762. The van der Waals surface area contributed by atoms with Gasteiger partial charge in [-0.05, 0) is 12.2 Å². The molecule has 0 saturated carbocycles. The van der Waals surface area contributed by atoms with Crippen molar-refractivity contribution in [3.63, 3.8) is 0 Å². The molecular formula is C21H46N6O4S3. The Morgan fingerprint density at radius 3 is 1.56 bits per heavy atom. The molecule has 0 spiro atoms. The largest absolute Gasteiger partial charge is 0.348 e. The zero-order chi connectivity index (χ0) is 23.3. The molecule has 1 aliphatic rings. The molecule has 3 N–H and O–H groups in total. The Hall–Kier alpha value is -1.70. The topological polar surface area (TPSA) is 138 Å². The van der Waals surface area contributed by atoms with Crippen LogP contribution in [-0.2, 0) is 26.4 Å². The molecule has 3 rings (SSSR count). The predicted octanol–water partition coefficient (Wildman–Crippen LogP) is 6.25. The van der Waals surface area contributed by atoms with Gasteiger partial charge in [-0.15, -0.1) is 4.40 Å². The maximum atomic E-state index is 10.6. The fourth-order valence-corrected chi connectivity index (χ4v) is 3.00. The minimum absolute atomic E-state index is 0. The number of hydrogen-bond acceptors (Lipinski definition) is 9. The van der Waals surface area contributed by atoms with Gasteiger partial charge in [0.1, 0.15) is 17.5 Å². The Bertz CT molecular complexity index is 928. The van der Waals surface area contributed by atoms with Crippen molar-refractivity contribution in [1.29, 1.82) is 0 Å². The van der Waals surface area contributed by atoms with E-state index in [4.69, 9.17) is 16.7 Å². The quantitative estimate of drug-likeness (QED) is 0.332. The number of hydrogen-bond donors (Lipinski definition) is 3. The lowest BCUT2D eigenvalue weighted by molar-refractivity contribution is 0.291. The van der Waals surface area contributed by atoms with Crippen LogP contribution in [0.25, 0.3) is 0 Å². The molecule has 1 aliphatic heterocycles. The molecule has 0 aromatic carbocycles. The Kier molecular flexibility index (Phi) is 17.8. The Balaban J connectivity index is -0.000000187. The van der Waals surface area contributed by atoms with Crippen LogP contribution >= 0.6 is 23.8 Å². The first-order valence-corrected chi connectivity index (χ1v) is 11.3. The van der Waals surface area contributed by atoms with E-state index in [0.717, 1.165) is 23.2 Å². The molecule has 3 heterocycles. The highest BCUT2D eigenvalue weighted by Crippen LogP contribution is 2.18. The molecular weight excluding hydrogens is 496 g/mol. The van der Waals surface area contributed by atoms with Crippen molar-refractivity contribution in [3.8, 4) is 0 Å². The molecule has 1 atom stereocenters. The summed E-state index contributed by atoms with van der Waals surface area (Å²) in [5.74, 6) is 2.19. The van der Waals surface area contributed by atoms with Gasteiger partial charge in [-0.25, -0.2) is 14.8 Å². The fourth-order valence-electron chi connectivity index (χ4n) is 1.58. The summed E-state index contributed by atoms with van der Waals surface area (Å²) in [5.41, 5.74) is 2.32. The summed E-state index contributed by atoms with van der Waals surface area (Å²) < 4.78 is 27.5. The van der Waals surface area contributed by atoms with Crippen LogP contribution in [-0.4, -0.2) is 29.5 Å². The molecule has 0 saturated heterocycles. The SMILES string of the molecule is C.C.C.C.CC(C)(C)C1=NS(=O)ON1.CC(C)(C)c1nc(=S)o[nH]1.CC(C)(C)c1nsc(=O)[nH]1. The summed E-state index contributed by atoms with van der Waals surface area (Å²) in [6.45, 7) is 18.0. The van der Waals surface area contributed by atoms with E-state index in [1.165, 1.54) is 0 Å². The van der Waals surface area contributed by atoms with Gasteiger partial charge in [0.25, 0.3) is 0 Å². The smallest absolute Gasteiger partial charge is 0.323 e. The predicted molar refractivity (Wildman–Crippen MR) is 148 cm³/mol. The molecule has 2 aromatic heterocycles. The van der Waals surface area contributed by atoms with Gasteiger partial charge in [0.2, 0.25) is 0 Å². The number of nitrogens with zero attached hydrogens (tertiary/aromatic N) is 3. The van der Waals surface area contributed by atoms with E-state index in [0.29, 0.717) is 5.84 Å². The molecule has 34 heavy (non-hydrogen) atoms. The second-order valence-electron chi connectivity index (χ2n) is 9.47. The van der Waals surface area contributed by atoms with Gasteiger partial charge in [-0.1, -0.05) is 92.0 Å². The second-order valence-corrected chi connectivity index (χ2v) is 11.3. The molecule has 0 aliphatic carbocycles. The van der Waals surface area contributed by atoms with Crippen molar-refractivity contribution in [1.82, 2.24) is 25.0 Å². The highest BCUT2D eigenvalue weighted by molar-refractivity contribution is 7.79. The van der Waals surface area contributed by atoms with Crippen LogP contribution in [0.2, 0.25) is 0 Å². The lowest BCUT2D eigenvalue weighted by Crippen LogP contribution is -2.30. The van der Waals surface area contributed by atoms with Crippen molar-refractivity contribution >= 4 is 40.9 Å². The second kappa shape index (κ2) is 15.3. The van der Waals surface area contributed by atoms with Crippen molar-refractivity contribution in [2.45, 2.75) is 103 Å². The standard InChI is InChI=1S/2C6H10N2OS.C5H10N2O2S.4CH4/c1-6(2,3)4-7-5(9)10-8-4;1-6(2,3)4-7-5(10)9-8-4;1-5(2,3)4-6-9-10(8)7-4;;;;/h1-3H3,(H,7,8,9);1-3H3,(H,7,8,10);1-3H3,(H,6,7);4*1H4. The highest BCUT2D eigenvalue weighted by atomic mass is 32.2. The van der Waals surface area contributed by atoms with Crippen molar-refractivity contribution < 1.29 is 13.0 Å². The van der Waals surface area contributed by atoms with Crippen LogP contribution in [0.5, 0.6) is 0 Å². The molecule has 0 amide bonds. The lowest BCUT2D eigenvalue weighted by Gasteiger charge is -2.15. The van der Waals surface area contributed by atoms with E-state index in [2.05, 4.69) is 33.7 Å². The molecule has 0 bridgehead atoms. The average molecular weight is 543 g/mol. The van der Waals surface area contributed by atoms with Crippen LogP contribution in [0.15, 0.2) is 13.7 Å². The molecule has 13 heteroatoms. The van der Waals surface area contributed by atoms with E-state index < -0.39 is 11.3 Å². The number of aromatic amines is 2. The average Bonchev–Trinajstić information content (AvgIpc) is 3.27. The first kappa shape index (κ1) is 39.5. The van der Waals surface area contributed by atoms with E-state index in [1.807, 2.05) is 62.3 Å². The first-order valence-electron chi connectivity index (χ1n) is 9.07. The number of nitrogens with one attached hydrogen (secondary N) is 3. The lowest BCUT2D eigenvalue weighted by atomic mass is 9.96. The summed E-state index contributed by atoms with van der Waals surface area (Å²) in [4.78, 5) is 17.5. The maximum absolute atomic E-state index is 10.6. The zero-order valence-corrected chi connectivity index (χ0v) is 21.1. The van der Waals surface area contributed by atoms with Gasteiger partial charge in [-0.3, -0.25) is 9.78 Å². The number of hydroxylamine groups is 1. The minimum atomic E-state index is -1.52. The molecule has 202 valence electrons. The molecule has 2 aromatic rings. The third kappa shape index (κ3) is 13.9. The summed E-state index contributed by atoms with van der Waals surface area (Å²) in [6.07, 6.45) is 0. The molecule has 10 nitrogen and oxygen atoms in total. The van der Waals surface area contributed by atoms with Crippen LogP contribution in [0.1, 0.15) is 104 Å². The van der Waals surface area contributed by atoms with Crippen LogP contribution in [0, 0.1) is 10.3 Å². The van der Waals surface area contributed by atoms with Crippen molar-refractivity contribution in [3.05, 3.63) is 26.2 Å². The zero-order valence-electron chi connectivity index (χ0n) is 18.7. The molecule has 0 radical (unpaired) electrons. The summed E-state index contributed by atoms with van der Waals surface area (Å²) >= 11 is 4.14. The van der Waals surface area contributed by atoms with Crippen molar-refractivity contribution in [2.75, 3.05) is 0 Å². The maximum Gasteiger partial charge on any atom is 0.323 e. The first-order chi connectivity index (χ1) is 13.5. The van der Waals surface area contributed by atoms with Crippen LogP contribution in [0.4, 0.5) is 0 Å². The normalized spacial score (nSPS) is 14.6. The number of aromatic nitrogens is 4. The highest BCUT2D eigenvalue weighted by Gasteiger charge is 2.25. The van der Waals surface area contributed by atoms with Gasteiger partial charge in [-0.2, -0.15) is 13.6 Å². The summed E-state index contributed by atoms with van der Waals surface area (Å²) in [5, 5.41) is 2.66. The van der Waals surface area contributed by atoms with E-state index in [9.17, 15) is 9.00 Å². The van der Waals surface area contributed by atoms with Gasteiger partial charge < -0.3 is 4.52 Å². The van der Waals surface area contributed by atoms with Crippen LogP contribution in [0.3, 0.4) is 0 Å². The van der Waals surface area contributed by atoms with Gasteiger partial charge in [0, 0.05) is 27.8 Å². The Morgan fingerprint density at radius 1 is 0.882 bits per heavy atom. The Morgan fingerprint density at radius 2 is 1.38 bits per heavy atom.